The Hall–Kier alpha value is -1.49. The van der Waals surface area contributed by atoms with Gasteiger partial charge in [-0.25, -0.2) is 0 Å². The molecule has 1 N–H and O–H groups in total. The molecule has 1 saturated carbocycles. The second-order valence-electron chi connectivity index (χ2n) is 7.27. The minimum Gasteiger partial charge on any atom is -0.367 e. The minimum atomic E-state index is -0.381. The molecule has 0 spiro atoms. The molecule has 0 atom stereocenters. The van der Waals surface area contributed by atoms with Gasteiger partial charge in [0.15, 0.2) is 0 Å². The third kappa shape index (κ3) is 3.15. The van der Waals surface area contributed by atoms with Gasteiger partial charge in [0.05, 0.1) is 6.07 Å². The molecule has 20 heavy (non-hydrogen) atoms. The highest BCUT2D eigenvalue weighted by atomic mass is 15.0. The molecule has 0 amide bonds. The standard InChI is InChI=1S/C18H26N2/c1-14-7-5-6-8-16(14)20-18(13-19)11-9-15(10-12-18)17(2,3)4/h5-8,15,20H,9-12H2,1-4H3. The number of para-hydroxylation sites is 1. The van der Waals surface area contributed by atoms with Crippen molar-refractivity contribution < 1.29 is 0 Å². The van der Waals surface area contributed by atoms with Crippen LogP contribution in [-0.2, 0) is 0 Å². The Morgan fingerprint density at radius 2 is 1.80 bits per heavy atom. The van der Waals surface area contributed by atoms with Crippen molar-refractivity contribution in [2.45, 2.75) is 58.9 Å². The first kappa shape index (κ1) is 14.9. The first-order valence-electron chi connectivity index (χ1n) is 7.61. The monoisotopic (exact) mass is 270 g/mol. The third-order valence-electron chi connectivity index (χ3n) is 4.80. The molecule has 0 radical (unpaired) electrons. The number of rotatable bonds is 2. The first-order valence-corrected chi connectivity index (χ1v) is 7.61. The molecule has 0 heterocycles. The fourth-order valence-corrected chi connectivity index (χ4v) is 3.21. The maximum absolute atomic E-state index is 9.67. The van der Waals surface area contributed by atoms with Crippen LogP contribution in [0.4, 0.5) is 5.69 Å². The molecular weight excluding hydrogens is 244 g/mol. The molecule has 0 unspecified atom stereocenters. The average molecular weight is 270 g/mol. The normalized spacial score (nSPS) is 26.9. The van der Waals surface area contributed by atoms with E-state index in [0.29, 0.717) is 5.41 Å². The van der Waals surface area contributed by atoms with E-state index in [2.05, 4.69) is 51.2 Å². The van der Waals surface area contributed by atoms with Gasteiger partial charge in [-0.05, 0) is 55.6 Å². The Balaban J connectivity index is 2.10. The number of nitrogens with zero attached hydrogens (tertiary/aromatic N) is 1. The van der Waals surface area contributed by atoms with E-state index in [1.165, 1.54) is 5.56 Å². The summed E-state index contributed by atoms with van der Waals surface area (Å²) in [5, 5.41) is 13.2. The Kier molecular flexibility index (Phi) is 4.09. The topological polar surface area (TPSA) is 35.8 Å². The van der Waals surface area contributed by atoms with Gasteiger partial charge >= 0.3 is 0 Å². The van der Waals surface area contributed by atoms with Crippen molar-refractivity contribution >= 4 is 5.69 Å². The summed E-state index contributed by atoms with van der Waals surface area (Å²) in [5.74, 6) is 0.725. The predicted octanol–water partition coefficient (Wildman–Crippen LogP) is 4.91. The van der Waals surface area contributed by atoms with Crippen LogP contribution in [0, 0.1) is 29.6 Å². The van der Waals surface area contributed by atoms with Crippen molar-refractivity contribution in [2.24, 2.45) is 11.3 Å². The Bertz CT molecular complexity index is 497. The number of benzene rings is 1. The van der Waals surface area contributed by atoms with Gasteiger partial charge in [-0.1, -0.05) is 39.0 Å². The Labute approximate surface area is 123 Å². The van der Waals surface area contributed by atoms with Crippen molar-refractivity contribution in [1.29, 1.82) is 5.26 Å². The molecule has 2 rings (SSSR count). The molecule has 0 aromatic heterocycles. The van der Waals surface area contributed by atoms with Crippen LogP contribution in [0.2, 0.25) is 0 Å². The summed E-state index contributed by atoms with van der Waals surface area (Å²) in [4.78, 5) is 0. The number of nitriles is 1. The molecule has 1 aliphatic carbocycles. The number of hydrogen-bond acceptors (Lipinski definition) is 2. The summed E-state index contributed by atoms with van der Waals surface area (Å²) < 4.78 is 0. The van der Waals surface area contributed by atoms with Crippen LogP contribution in [-0.4, -0.2) is 5.54 Å². The van der Waals surface area contributed by atoms with Gasteiger partial charge in [-0.3, -0.25) is 0 Å². The van der Waals surface area contributed by atoms with Gasteiger partial charge in [0, 0.05) is 5.69 Å². The molecule has 108 valence electrons. The summed E-state index contributed by atoms with van der Waals surface area (Å²) in [7, 11) is 0. The van der Waals surface area contributed by atoms with Crippen LogP contribution < -0.4 is 5.32 Å². The number of hydrogen-bond donors (Lipinski definition) is 1. The second kappa shape index (κ2) is 5.48. The van der Waals surface area contributed by atoms with E-state index >= 15 is 0 Å². The quantitative estimate of drug-likeness (QED) is 0.829. The van der Waals surface area contributed by atoms with E-state index in [9.17, 15) is 5.26 Å². The molecular formula is C18H26N2. The highest BCUT2D eigenvalue weighted by molar-refractivity contribution is 5.53. The maximum atomic E-state index is 9.67. The highest BCUT2D eigenvalue weighted by Gasteiger charge is 2.39. The highest BCUT2D eigenvalue weighted by Crippen LogP contribution is 2.42. The van der Waals surface area contributed by atoms with Crippen LogP contribution in [0.1, 0.15) is 52.0 Å². The minimum absolute atomic E-state index is 0.351. The summed E-state index contributed by atoms with van der Waals surface area (Å²) in [6.07, 6.45) is 4.16. The fraction of sp³-hybridized carbons (Fsp3) is 0.611. The van der Waals surface area contributed by atoms with Gasteiger partial charge in [-0.15, -0.1) is 0 Å². The van der Waals surface area contributed by atoms with E-state index in [1.807, 2.05) is 12.1 Å². The molecule has 0 saturated heterocycles. The Morgan fingerprint density at radius 1 is 1.20 bits per heavy atom. The van der Waals surface area contributed by atoms with Crippen molar-refractivity contribution in [3.63, 3.8) is 0 Å². The largest absolute Gasteiger partial charge is 0.367 e. The van der Waals surface area contributed by atoms with Crippen LogP contribution in [0.25, 0.3) is 0 Å². The van der Waals surface area contributed by atoms with E-state index in [4.69, 9.17) is 0 Å². The molecule has 1 aliphatic rings. The van der Waals surface area contributed by atoms with E-state index in [1.54, 1.807) is 0 Å². The van der Waals surface area contributed by atoms with Crippen LogP contribution in [0.15, 0.2) is 24.3 Å². The molecule has 1 aromatic rings. The third-order valence-corrected chi connectivity index (χ3v) is 4.80. The lowest BCUT2D eigenvalue weighted by Crippen LogP contribution is -2.42. The van der Waals surface area contributed by atoms with E-state index in [-0.39, 0.29) is 5.54 Å². The first-order chi connectivity index (χ1) is 9.36. The molecule has 0 bridgehead atoms. The van der Waals surface area contributed by atoms with Crippen molar-refractivity contribution in [3.05, 3.63) is 29.8 Å². The van der Waals surface area contributed by atoms with Gasteiger partial charge in [0.1, 0.15) is 5.54 Å². The van der Waals surface area contributed by atoms with Crippen molar-refractivity contribution in [2.75, 3.05) is 5.32 Å². The van der Waals surface area contributed by atoms with Gasteiger partial charge in [-0.2, -0.15) is 5.26 Å². The lowest BCUT2D eigenvalue weighted by Gasteiger charge is -2.41. The summed E-state index contributed by atoms with van der Waals surface area (Å²) in [6.45, 7) is 9.03. The van der Waals surface area contributed by atoms with Crippen molar-refractivity contribution in [3.8, 4) is 6.07 Å². The van der Waals surface area contributed by atoms with E-state index < -0.39 is 0 Å². The number of nitrogens with one attached hydrogen (secondary N) is 1. The summed E-state index contributed by atoms with van der Waals surface area (Å²) in [5.41, 5.74) is 2.28. The summed E-state index contributed by atoms with van der Waals surface area (Å²) in [6, 6.07) is 10.8. The molecule has 1 aromatic carbocycles. The Morgan fingerprint density at radius 3 is 2.30 bits per heavy atom. The van der Waals surface area contributed by atoms with Crippen LogP contribution in [0.3, 0.4) is 0 Å². The zero-order valence-corrected chi connectivity index (χ0v) is 13.2. The zero-order valence-electron chi connectivity index (χ0n) is 13.2. The lowest BCUT2D eigenvalue weighted by atomic mass is 9.67. The SMILES string of the molecule is Cc1ccccc1NC1(C#N)CCC(C(C)(C)C)CC1. The van der Waals surface area contributed by atoms with Gasteiger partial charge < -0.3 is 5.32 Å². The maximum Gasteiger partial charge on any atom is 0.125 e. The predicted molar refractivity (Wildman–Crippen MR) is 84.6 cm³/mol. The molecule has 0 aliphatic heterocycles. The van der Waals surface area contributed by atoms with Gasteiger partial charge in [0.25, 0.3) is 0 Å². The lowest BCUT2D eigenvalue weighted by molar-refractivity contribution is 0.159. The van der Waals surface area contributed by atoms with Gasteiger partial charge in [0.2, 0.25) is 0 Å². The van der Waals surface area contributed by atoms with Crippen molar-refractivity contribution in [1.82, 2.24) is 0 Å². The van der Waals surface area contributed by atoms with Crippen LogP contribution >= 0.6 is 0 Å². The molecule has 2 nitrogen and oxygen atoms in total. The zero-order chi connectivity index (χ0) is 14.8. The molecule has 1 fully saturated rings. The summed E-state index contributed by atoms with van der Waals surface area (Å²) >= 11 is 0. The average Bonchev–Trinajstić information content (AvgIpc) is 2.41. The smallest absolute Gasteiger partial charge is 0.125 e. The number of aryl methyl sites for hydroxylation is 1. The number of anilines is 1. The fourth-order valence-electron chi connectivity index (χ4n) is 3.21. The second-order valence-corrected chi connectivity index (χ2v) is 7.27. The van der Waals surface area contributed by atoms with E-state index in [0.717, 1.165) is 37.3 Å². The molecule has 2 heteroatoms. The van der Waals surface area contributed by atoms with Crippen LogP contribution in [0.5, 0.6) is 0 Å².